The lowest BCUT2D eigenvalue weighted by molar-refractivity contribution is -0.384. The van der Waals surface area contributed by atoms with Crippen molar-refractivity contribution < 1.29 is 37.2 Å². The first-order valence-corrected chi connectivity index (χ1v) is 12.5. The van der Waals surface area contributed by atoms with Crippen molar-refractivity contribution in [2.45, 2.75) is 56.5 Å². The lowest BCUT2D eigenvalue weighted by atomic mass is 9.96. The van der Waals surface area contributed by atoms with Crippen LogP contribution in [0.25, 0.3) is 0 Å². The summed E-state index contributed by atoms with van der Waals surface area (Å²) in [6.07, 6.45) is -0.255. The molecule has 0 spiro atoms. The summed E-state index contributed by atoms with van der Waals surface area (Å²) in [6.45, 7) is 3.92. The molecule has 1 aromatic carbocycles. The van der Waals surface area contributed by atoms with Gasteiger partial charge in [-0.05, 0) is 38.5 Å². The minimum atomic E-state index is -4.06. The fourth-order valence-electron chi connectivity index (χ4n) is 4.41. The third-order valence-corrected chi connectivity index (χ3v) is 9.24. The molecule has 192 valence electrons. The topological polar surface area (TPSA) is 181 Å². The number of aromatic nitrogens is 3. The number of nitro groups is 1. The molecule has 2 saturated heterocycles. The maximum Gasteiger partial charge on any atom is 0.360 e. The highest BCUT2D eigenvalue weighted by Crippen LogP contribution is 2.47. The molecule has 0 unspecified atom stereocenters. The number of ether oxygens (including phenoxy) is 2. The van der Waals surface area contributed by atoms with E-state index in [-0.39, 0.29) is 43.3 Å². The minimum absolute atomic E-state index is 0.0903. The number of non-ortho nitro benzene ring substituents is 1. The van der Waals surface area contributed by atoms with Gasteiger partial charge in [0.25, 0.3) is 5.69 Å². The first-order chi connectivity index (χ1) is 16.9. The molecule has 0 saturated carbocycles. The third kappa shape index (κ3) is 3.88. The van der Waals surface area contributed by atoms with E-state index in [2.05, 4.69) is 10.3 Å². The van der Waals surface area contributed by atoms with E-state index in [4.69, 9.17) is 9.47 Å². The van der Waals surface area contributed by atoms with Gasteiger partial charge in [0.15, 0.2) is 21.6 Å². The Bertz CT molecular complexity index is 1350. The summed E-state index contributed by atoms with van der Waals surface area (Å²) in [6, 6.07) is 3.84. The Morgan fingerprint density at radius 1 is 1.25 bits per heavy atom. The molecule has 4 rings (SSSR count). The number of amides is 1. The SMILES string of the molecule is CCOC(=O)c1nnn(C[C@@]2(C)[C@H](C(=O)OCc3ccc([N+](=O)[O-])cc3)N3C(=O)C[C@@H]3S2(=O)=O)c1C. The Morgan fingerprint density at radius 3 is 2.50 bits per heavy atom. The minimum Gasteiger partial charge on any atom is -0.461 e. The van der Waals surface area contributed by atoms with E-state index < -0.39 is 48.8 Å². The van der Waals surface area contributed by atoms with E-state index in [1.54, 1.807) is 6.92 Å². The molecule has 3 atom stereocenters. The Morgan fingerprint density at radius 2 is 1.92 bits per heavy atom. The van der Waals surface area contributed by atoms with Gasteiger partial charge in [0, 0.05) is 12.1 Å². The normalized spacial score (nSPS) is 24.1. The lowest BCUT2D eigenvalue weighted by Gasteiger charge is -2.36. The van der Waals surface area contributed by atoms with Crippen LogP contribution in [-0.2, 0) is 42.1 Å². The van der Waals surface area contributed by atoms with Gasteiger partial charge in [0.05, 0.1) is 30.2 Å². The predicted octanol–water partition coefficient (Wildman–Crippen LogP) is 0.529. The molecule has 2 aliphatic rings. The summed E-state index contributed by atoms with van der Waals surface area (Å²) in [5, 5.41) is 17.3. The first kappa shape index (κ1) is 25.2. The summed E-state index contributed by atoms with van der Waals surface area (Å²) in [5.41, 5.74) is 0.448. The zero-order chi connectivity index (χ0) is 26.4. The highest BCUT2D eigenvalue weighted by atomic mass is 32.2. The van der Waals surface area contributed by atoms with Gasteiger partial charge in [-0.2, -0.15) is 0 Å². The van der Waals surface area contributed by atoms with Crippen LogP contribution in [-0.4, -0.2) is 73.9 Å². The van der Waals surface area contributed by atoms with Crippen molar-refractivity contribution in [3.63, 3.8) is 0 Å². The van der Waals surface area contributed by atoms with Gasteiger partial charge in [0.1, 0.15) is 16.7 Å². The number of hydrogen-bond acceptors (Lipinski definition) is 11. The molecule has 15 heteroatoms. The van der Waals surface area contributed by atoms with Crippen molar-refractivity contribution in [2.75, 3.05) is 6.61 Å². The van der Waals surface area contributed by atoms with E-state index in [0.29, 0.717) is 5.56 Å². The van der Waals surface area contributed by atoms with Gasteiger partial charge in [0.2, 0.25) is 5.91 Å². The van der Waals surface area contributed by atoms with Crippen molar-refractivity contribution in [2.24, 2.45) is 0 Å². The molecule has 1 amide bonds. The van der Waals surface area contributed by atoms with E-state index in [1.165, 1.54) is 42.8 Å². The number of sulfone groups is 1. The molecule has 0 N–H and O–H groups in total. The van der Waals surface area contributed by atoms with Crippen LogP contribution in [0.15, 0.2) is 24.3 Å². The van der Waals surface area contributed by atoms with Crippen molar-refractivity contribution >= 4 is 33.4 Å². The van der Waals surface area contributed by atoms with Gasteiger partial charge in [-0.25, -0.2) is 22.7 Å². The van der Waals surface area contributed by atoms with E-state index in [9.17, 15) is 32.9 Å². The maximum atomic E-state index is 13.5. The van der Waals surface area contributed by atoms with Crippen molar-refractivity contribution in [3.8, 4) is 0 Å². The first-order valence-electron chi connectivity index (χ1n) is 10.9. The van der Waals surface area contributed by atoms with Gasteiger partial charge < -0.3 is 14.4 Å². The van der Waals surface area contributed by atoms with E-state index in [1.807, 2.05) is 0 Å². The summed E-state index contributed by atoms with van der Waals surface area (Å²) in [7, 11) is -4.06. The average Bonchev–Trinajstić information content (AvgIpc) is 3.24. The van der Waals surface area contributed by atoms with Crippen molar-refractivity contribution in [1.29, 1.82) is 0 Å². The number of carbonyl (C=O) groups excluding carboxylic acids is 3. The van der Waals surface area contributed by atoms with Crippen LogP contribution in [0.1, 0.15) is 42.0 Å². The smallest absolute Gasteiger partial charge is 0.360 e. The van der Waals surface area contributed by atoms with Crippen LogP contribution in [0.3, 0.4) is 0 Å². The number of rotatable bonds is 8. The molecule has 3 heterocycles. The van der Waals surface area contributed by atoms with Crippen LogP contribution in [0.2, 0.25) is 0 Å². The second-order valence-electron chi connectivity index (χ2n) is 8.65. The molecule has 14 nitrogen and oxygen atoms in total. The van der Waals surface area contributed by atoms with Gasteiger partial charge in [-0.1, -0.05) is 5.21 Å². The third-order valence-electron chi connectivity index (χ3n) is 6.48. The molecule has 1 aromatic heterocycles. The van der Waals surface area contributed by atoms with Crippen LogP contribution in [0.5, 0.6) is 0 Å². The fourth-order valence-corrected chi connectivity index (χ4v) is 6.76. The molecule has 2 aliphatic heterocycles. The molecule has 36 heavy (non-hydrogen) atoms. The number of fused-ring (bicyclic) bond motifs is 1. The highest BCUT2D eigenvalue weighted by Gasteiger charge is 2.70. The monoisotopic (exact) mass is 521 g/mol. The number of nitro benzene ring substituents is 1. The van der Waals surface area contributed by atoms with Crippen molar-refractivity contribution in [3.05, 3.63) is 51.3 Å². The molecular formula is C21H23N5O9S. The summed E-state index contributed by atoms with van der Waals surface area (Å²) < 4.78 is 36.6. The molecule has 0 aliphatic carbocycles. The number of β-lactam (4-membered cyclic amide) rings is 1. The Balaban J connectivity index is 1.61. The Hall–Kier alpha value is -3.88. The summed E-state index contributed by atoms with van der Waals surface area (Å²) in [4.78, 5) is 48.9. The number of carbonyl (C=O) groups is 3. The van der Waals surface area contributed by atoms with Gasteiger partial charge >= 0.3 is 11.9 Å². The summed E-state index contributed by atoms with van der Waals surface area (Å²) >= 11 is 0. The summed E-state index contributed by atoms with van der Waals surface area (Å²) in [5.74, 6) is -2.18. The lowest BCUT2D eigenvalue weighted by Crippen LogP contribution is -2.58. The molecule has 0 bridgehead atoms. The number of benzene rings is 1. The van der Waals surface area contributed by atoms with Crippen LogP contribution in [0, 0.1) is 17.0 Å². The molecular weight excluding hydrogens is 498 g/mol. The van der Waals surface area contributed by atoms with Crippen molar-refractivity contribution in [1.82, 2.24) is 19.9 Å². The standard InChI is InChI=1S/C21H23N5O9S/c1-4-34-19(28)17-12(2)24(23-22-17)11-21(3)18(25-15(27)9-16(25)36(21,32)33)20(29)35-10-13-5-7-14(8-6-13)26(30)31/h5-8,16,18H,4,9-11H2,1-3H3/t16-,18-,21-/m0/s1. The Kier molecular flexibility index (Phi) is 6.28. The fraction of sp³-hybridized carbons (Fsp3) is 0.476. The van der Waals surface area contributed by atoms with Gasteiger partial charge in [-0.3, -0.25) is 14.9 Å². The van der Waals surface area contributed by atoms with Crippen LogP contribution >= 0.6 is 0 Å². The van der Waals surface area contributed by atoms with Gasteiger partial charge in [-0.15, -0.1) is 5.10 Å². The molecule has 2 aromatic rings. The second-order valence-corrected chi connectivity index (χ2v) is 11.2. The molecule has 2 fully saturated rings. The number of esters is 2. The van der Waals surface area contributed by atoms with E-state index in [0.717, 1.165) is 4.90 Å². The highest BCUT2D eigenvalue weighted by molar-refractivity contribution is 7.93. The number of nitrogens with zero attached hydrogens (tertiary/aromatic N) is 5. The average molecular weight is 522 g/mol. The second kappa shape index (κ2) is 8.96. The zero-order valence-electron chi connectivity index (χ0n) is 19.6. The van der Waals surface area contributed by atoms with E-state index >= 15 is 0 Å². The quantitative estimate of drug-likeness (QED) is 0.204. The largest absolute Gasteiger partial charge is 0.461 e. The predicted molar refractivity (Wildman–Crippen MR) is 120 cm³/mol. The van der Waals surface area contributed by atoms with Crippen LogP contribution < -0.4 is 0 Å². The zero-order valence-corrected chi connectivity index (χ0v) is 20.4. The van der Waals surface area contributed by atoms with Crippen LogP contribution in [0.4, 0.5) is 5.69 Å². The molecule has 0 radical (unpaired) electrons. The number of hydrogen-bond donors (Lipinski definition) is 0. The Labute approximate surface area is 205 Å². The maximum absolute atomic E-state index is 13.5.